The normalized spacial score (nSPS) is 12.8. The molecule has 20 heavy (non-hydrogen) atoms. The van der Waals surface area contributed by atoms with Crippen molar-refractivity contribution < 1.29 is 42.5 Å². The Morgan fingerprint density at radius 2 is 1.60 bits per heavy atom. The fourth-order valence-electron chi connectivity index (χ4n) is 2.18. The van der Waals surface area contributed by atoms with E-state index in [1.807, 2.05) is 0 Å². The van der Waals surface area contributed by atoms with Gasteiger partial charge in [0.2, 0.25) is 0 Å². The van der Waals surface area contributed by atoms with E-state index in [0.29, 0.717) is 5.92 Å². The van der Waals surface area contributed by atoms with Crippen molar-refractivity contribution in [1.82, 2.24) is 0 Å². The van der Waals surface area contributed by atoms with Gasteiger partial charge >= 0.3 is 29.6 Å². The van der Waals surface area contributed by atoms with Crippen LogP contribution in [-0.4, -0.2) is 13.0 Å². The molecule has 108 valence electrons. The van der Waals surface area contributed by atoms with E-state index in [9.17, 15) is 13.0 Å². The van der Waals surface area contributed by atoms with E-state index < -0.39 is 10.1 Å². The minimum absolute atomic E-state index is 0. The third-order valence-corrected chi connectivity index (χ3v) is 4.33. The van der Waals surface area contributed by atoms with Crippen LogP contribution < -0.4 is 29.6 Å². The summed E-state index contributed by atoms with van der Waals surface area (Å²) in [7, 11) is -4.32. The zero-order chi connectivity index (χ0) is 14.3. The van der Waals surface area contributed by atoms with Crippen molar-refractivity contribution in [1.29, 1.82) is 0 Å². The summed E-state index contributed by atoms with van der Waals surface area (Å²) in [5.41, 5.74) is 1.10. The molecular weight excluding hydrogens is 283 g/mol. The molecular formula is C15H23NaO3S. The van der Waals surface area contributed by atoms with Crippen LogP contribution in [0.25, 0.3) is 0 Å². The molecule has 1 unspecified atom stereocenters. The molecule has 0 amide bonds. The summed E-state index contributed by atoms with van der Waals surface area (Å²) in [5.74, 6) is 0.407. The molecule has 0 bridgehead atoms. The summed E-state index contributed by atoms with van der Waals surface area (Å²) in [6, 6.07) is 6.32. The topological polar surface area (TPSA) is 57.2 Å². The van der Waals surface area contributed by atoms with Crippen LogP contribution in [0.3, 0.4) is 0 Å². The molecule has 0 radical (unpaired) electrons. The van der Waals surface area contributed by atoms with Gasteiger partial charge in [0.15, 0.2) is 0 Å². The molecule has 0 fully saturated rings. The number of hydrogen-bond acceptors (Lipinski definition) is 3. The Balaban J connectivity index is 0.00000361. The Morgan fingerprint density at radius 3 is 2.10 bits per heavy atom. The molecule has 0 spiro atoms. The smallest absolute Gasteiger partial charge is 0.744 e. The van der Waals surface area contributed by atoms with Gasteiger partial charge in [0.1, 0.15) is 10.1 Å². The van der Waals surface area contributed by atoms with E-state index in [0.717, 1.165) is 12.0 Å². The molecule has 0 aliphatic rings. The van der Waals surface area contributed by atoms with E-state index in [1.165, 1.54) is 44.2 Å². The molecule has 1 rings (SSSR count). The molecule has 0 heterocycles. The largest absolute Gasteiger partial charge is 1.00 e. The summed E-state index contributed by atoms with van der Waals surface area (Å²) in [4.78, 5) is -0.147. The second-order valence-electron chi connectivity index (χ2n) is 5.13. The van der Waals surface area contributed by atoms with Crippen molar-refractivity contribution in [3.63, 3.8) is 0 Å². The van der Waals surface area contributed by atoms with Crippen LogP contribution in [0, 0.1) is 0 Å². The number of hydrogen-bond donors (Lipinski definition) is 0. The van der Waals surface area contributed by atoms with Crippen LogP contribution in [0.2, 0.25) is 0 Å². The summed E-state index contributed by atoms with van der Waals surface area (Å²) in [6.07, 6.45) is 7.39. The molecule has 1 atom stereocenters. The van der Waals surface area contributed by atoms with E-state index in [2.05, 4.69) is 13.8 Å². The monoisotopic (exact) mass is 306 g/mol. The Hall–Kier alpha value is 0.130. The SMILES string of the molecule is CCCCCCCC(C)c1ccc(S(=O)(=O)[O-])cc1.[Na+]. The first kappa shape index (κ1) is 20.1. The molecule has 5 heteroatoms. The molecule has 0 saturated carbocycles. The predicted molar refractivity (Wildman–Crippen MR) is 76.2 cm³/mol. The average molecular weight is 306 g/mol. The Morgan fingerprint density at radius 1 is 1.05 bits per heavy atom. The molecule has 0 aliphatic carbocycles. The quantitative estimate of drug-likeness (QED) is 0.410. The fourth-order valence-corrected chi connectivity index (χ4v) is 2.65. The van der Waals surface area contributed by atoms with Gasteiger partial charge in [0.25, 0.3) is 0 Å². The van der Waals surface area contributed by atoms with Crippen LogP contribution >= 0.6 is 0 Å². The van der Waals surface area contributed by atoms with Crippen LogP contribution in [0.1, 0.15) is 63.9 Å². The molecule has 0 N–H and O–H groups in total. The average Bonchev–Trinajstić information content (AvgIpc) is 2.37. The Bertz CT molecular complexity index is 468. The van der Waals surface area contributed by atoms with Crippen molar-refractivity contribution in [3.05, 3.63) is 29.8 Å². The second-order valence-corrected chi connectivity index (χ2v) is 6.51. The molecule has 1 aromatic rings. The van der Waals surface area contributed by atoms with Gasteiger partial charge in [-0.2, -0.15) is 0 Å². The first-order chi connectivity index (χ1) is 8.95. The van der Waals surface area contributed by atoms with Gasteiger partial charge < -0.3 is 4.55 Å². The fraction of sp³-hybridized carbons (Fsp3) is 0.600. The summed E-state index contributed by atoms with van der Waals surface area (Å²) >= 11 is 0. The van der Waals surface area contributed by atoms with E-state index in [1.54, 1.807) is 12.1 Å². The molecule has 0 saturated heterocycles. The maximum Gasteiger partial charge on any atom is 1.00 e. The van der Waals surface area contributed by atoms with Gasteiger partial charge in [-0.3, -0.25) is 0 Å². The van der Waals surface area contributed by atoms with E-state index in [4.69, 9.17) is 0 Å². The van der Waals surface area contributed by atoms with Crippen molar-refractivity contribution in [3.8, 4) is 0 Å². The number of unbranched alkanes of at least 4 members (excludes halogenated alkanes) is 4. The molecule has 1 aromatic carbocycles. The summed E-state index contributed by atoms with van der Waals surface area (Å²) in [5, 5.41) is 0. The molecule has 0 aliphatic heterocycles. The van der Waals surface area contributed by atoms with Gasteiger partial charge in [-0.05, 0) is 30.0 Å². The van der Waals surface area contributed by atoms with Gasteiger partial charge in [-0.15, -0.1) is 0 Å². The maximum atomic E-state index is 10.8. The summed E-state index contributed by atoms with van der Waals surface area (Å²) in [6.45, 7) is 4.34. The zero-order valence-electron chi connectivity index (χ0n) is 12.8. The van der Waals surface area contributed by atoms with E-state index >= 15 is 0 Å². The van der Waals surface area contributed by atoms with Crippen molar-refractivity contribution in [2.24, 2.45) is 0 Å². The first-order valence-electron chi connectivity index (χ1n) is 7.01. The van der Waals surface area contributed by atoms with Gasteiger partial charge in [0.05, 0.1) is 4.90 Å². The summed E-state index contributed by atoms with van der Waals surface area (Å²) < 4.78 is 32.5. The number of rotatable bonds is 8. The van der Waals surface area contributed by atoms with Crippen molar-refractivity contribution >= 4 is 10.1 Å². The minimum Gasteiger partial charge on any atom is -0.744 e. The third-order valence-electron chi connectivity index (χ3n) is 3.48. The Kier molecular flexibility index (Phi) is 10.0. The van der Waals surface area contributed by atoms with Gasteiger partial charge in [-0.1, -0.05) is 58.1 Å². The van der Waals surface area contributed by atoms with Crippen molar-refractivity contribution in [2.75, 3.05) is 0 Å². The van der Waals surface area contributed by atoms with Gasteiger partial charge in [0, 0.05) is 0 Å². The third kappa shape index (κ3) is 7.23. The second kappa shape index (κ2) is 9.96. The van der Waals surface area contributed by atoms with Crippen LogP contribution in [0.4, 0.5) is 0 Å². The number of benzene rings is 1. The van der Waals surface area contributed by atoms with Gasteiger partial charge in [-0.25, -0.2) is 8.42 Å². The van der Waals surface area contributed by atoms with Crippen LogP contribution in [0.5, 0.6) is 0 Å². The Labute approximate surface area is 145 Å². The molecule has 3 nitrogen and oxygen atoms in total. The minimum atomic E-state index is -4.32. The van der Waals surface area contributed by atoms with Crippen molar-refractivity contribution in [2.45, 2.75) is 63.2 Å². The maximum absolute atomic E-state index is 10.8. The first-order valence-corrected chi connectivity index (χ1v) is 8.42. The van der Waals surface area contributed by atoms with Crippen LogP contribution in [0.15, 0.2) is 29.2 Å². The molecule has 0 aromatic heterocycles. The van der Waals surface area contributed by atoms with E-state index in [-0.39, 0.29) is 34.5 Å². The van der Waals surface area contributed by atoms with Crippen LogP contribution in [-0.2, 0) is 10.1 Å². The predicted octanol–water partition coefficient (Wildman–Crippen LogP) is 1.06. The zero-order valence-corrected chi connectivity index (χ0v) is 15.6. The standard InChI is InChI=1S/C15H24O3S.Na/c1-3-4-5-6-7-8-13(2)14-9-11-15(12-10-14)19(16,17)18;/h9-13H,3-8H2,1-2H3,(H,16,17,18);/q;+1/p-1.